The summed E-state index contributed by atoms with van der Waals surface area (Å²) in [5.74, 6) is -1.73. The summed E-state index contributed by atoms with van der Waals surface area (Å²) in [5, 5.41) is 3.43. The zero-order valence-electron chi connectivity index (χ0n) is 19.5. The van der Waals surface area contributed by atoms with Gasteiger partial charge in [0.2, 0.25) is 5.75 Å². The average Bonchev–Trinajstić information content (AvgIpc) is 3.16. The third-order valence-corrected chi connectivity index (χ3v) is 6.62. The third-order valence-electron chi connectivity index (χ3n) is 6.62. The smallest absolute Gasteiger partial charge is 0.314 e. The molecule has 0 saturated carbocycles. The second kappa shape index (κ2) is 8.94. The molecule has 1 aliphatic heterocycles. The molecule has 180 valence electrons. The Kier molecular flexibility index (Phi) is 5.80. The summed E-state index contributed by atoms with van der Waals surface area (Å²) < 4.78 is 35.7. The van der Waals surface area contributed by atoms with E-state index in [0.29, 0.717) is 28.0 Å². The fourth-order valence-corrected chi connectivity index (χ4v) is 5.04. The van der Waals surface area contributed by atoms with Crippen LogP contribution in [0.5, 0.6) is 17.2 Å². The highest BCUT2D eigenvalue weighted by Gasteiger charge is 2.53. The van der Waals surface area contributed by atoms with Crippen molar-refractivity contribution in [3.63, 3.8) is 0 Å². The molecule has 5 rings (SSSR count). The van der Waals surface area contributed by atoms with E-state index in [1.54, 1.807) is 18.2 Å². The van der Waals surface area contributed by atoms with Crippen molar-refractivity contribution in [1.82, 2.24) is 0 Å². The number of para-hydroxylation sites is 1. The number of halogens is 1. The molecule has 0 saturated heterocycles. The van der Waals surface area contributed by atoms with Gasteiger partial charge < -0.3 is 24.3 Å². The highest BCUT2D eigenvalue weighted by Crippen LogP contribution is 2.56. The second-order valence-corrected chi connectivity index (χ2v) is 8.42. The molecule has 1 N–H and O–H groups in total. The zero-order chi connectivity index (χ0) is 24.7. The minimum absolute atomic E-state index is 0.0763. The normalized spacial score (nSPS) is 19.7. The largest absolute Gasteiger partial charge is 0.493 e. The average molecular weight is 477 g/mol. The second-order valence-electron chi connectivity index (χ2n) is 8.42. The van der Waals surface area contributed by atoms with Gasteiger partial charge in [0.15, 0.2) is 17.3 Å². The quantitative estimate of drug-likeness (QED) is 0.517. The van der Waals surface area contributed by atoms with Gasteiger partial charge in [-0.05, 0) is 41.0 Å². The van der Waals surface area contributed by atoms with Crippen LogP contribution in [0.15, 0.2) is 54.6 Å². The van der Waals surface area contributed by atoms with Crippen molar-refractivity contribution in [2.24, 2.45) is 5.92 Å². The van der Waals surface area contributed by atoms with Gasteiger partial charge in [-0.25, -0.2) is 4.39 Å². The summed E-state index contributed by atoms with van der Waals surface area (Å²) >= 11 is 0. The molecule has 0 unspecified atom stereocenters. The number of esters is 1. The molecule has 0 amide bonds. The molecule has 3 aromatic carbocycles. The van der Waals surface area contributed by atoms with E-state index in [0.717, 1.165) is 5.69 Å². The number of hydrogen-bond donors (Lipinski definition) is 1. The number of anilines is 1. The summed E-state index contributed by atoms with van der Waals surface area (Å²) in [6, 6.07) is 14.5. The van der Waals surface area contributed by atoms with Crippen molar-refractivity contribution < 1.29 is 32.9 Å². The lowest BCUT2D eigenvalue weighted by Gasteiger charge is -2.34. The van der Waals surface area contributed by atoms with Crippen LogP contribution in [0.2, 0.25) is 0 Å². The molecular weight excluding hydrogens is 453 g/mol. The number of hydrogen-bond acceptors (Lipinski definition) is 7. The monoisotopic (exact) mass is 477 g/mol. The van der Waals surface area contributed by atoms with Gasteiger partial charge >= 0.3 is 5.97 Å². The van der Waals surface area contributed by atoms with Crippen LogP contribution in [0.25, 0.3) is 0 Å². The van der Waals surface area contributed by atoms with Crippen LogP contribution in [0.1, 0.15) is 39.0 Å². The number of carbonyl (C=O) groups excluding carboxylic acids is 2. The molecule has 1 heterocycles. The van der Waals surface area contributed by atoms with Crippen molar-refractivity contribution in [3.05, 3.63) is 82.7 Å². The third kappa shape index (κ3) is 3.65. The zero-order valence-corrected chi connectivity index (χ0v) is 19.5. The number of benzene rings is 3. The molecular formula is C27H24FNO6. The first-order valence-electron chi connectivity index (χ1n) is 11.1. The number of nitrogens with one attached hydrogen (secondary N) is 1. The van der Waals surface area contributed by atoms with E-state index in [1.165, 1.54) is 33.5 Å². The fourth-order valence-electron chi connectivity index (χ4n) is 5.04. The maximum absolute atomic E-state index is 13.9. The van der Waals surface area contributed by atoms with Gasteiger partial charge in [-0.3, -0.25) is 9.59 Å². The summed E-state index contributed by atoms with van der Waals surface area (Å²) in [7, 11) is 4.29. The highest BCUT2D eigenvalue weighted by atomic mass is 19.1. The lowest BCUT2D eigenvalue weighted by Crippen LogP contribution is -2.36. The number of carbonyl (C=O) groups is 2. The summed E-state index contributed by atoms with van der Waals surface area (Å²) in [5.41, 5.74) is 3.15. The molecule has 0 spiro atoms. The molecule has 0 bridgehead atoms. The Balaban J connectivity index is 1.64. The molecule has 35 heavy (non-hydrogen) atoms. The maximum Gasteiger partial charge on any atom is 0.314 e. The molecule has 7 nitrogen and oxygen atoms in total. The molecule has 0 radical (unpaired) electrons. The van der Waals surface area contributed by atoms with E-state index in [9.17, 15) is 14.0 Å². The van der Waals surface area contributed by atoms with Crippen molar-refractivity contribution in [1.29, 1.82) is 0 Å². The summed E-state index contributed by atoms with van der Waals surface area (Å²) in [6.45, 7) is 0.0763. The molecule has 1 aliphatic carbocycles. The highest BCUT2D eigenvalue weighted by molar-refractivity contribution is 6.10. The van der Waals surface area contributed by atoms with Crippen molar-refractivity contribution in [2.75, 3.05) is 26.6 Å². The molecule has 2 aliphatic rings. The molecule has 3 atom stereocenters. The van der Waals surface area contributed by atoms with Gasteiger partial charge in [0.1, 0.15) is 12.4 Å². The van der Waals surface area contributed by atoms with Gasteiger partial charge in [0, 0.05) is 5.69 Å². The minimum atomic E-state index is -0.788. The van der Waals surface area contributed by atoms with Gasteiger partial charge in [0.05, 0.1) is 44.8 Å². The standard InChI is InChI=1S/C27H24FNO6/c1-32-19-12-17-21(26(25(19)33-2)35-13-14-8-10-15(28)11-9-14)24(30)22-20(27(31)34-3)16-6-4-5-7-18(16)29-23(17)22/h4-12,20,22-23,29H,13H2,1-3H3/t20-,22-,23-/m0/s1. The summed E-state index contributed by atoms with van der Waals surface area (Å²) in [4.78, 5) is 26.9. The van der Waals surface area contributed by atoms with Crippen LogP contribution in [0, 0.1) is 11.7 Å². The Morgan fingerprint density at radius 1 is 0.971 bits per heavy atom. The van der Waals surface area contributed by atoms with Crippen LogP contribution < -0.4 is 19.5 Å². The topological polar surface area (TPSA) is 83.1 Å². The molecule has 0 fully saturated rings. The lowest BCUT2D eigenvalue weighted by molar-refractivity contribution is -0.143. The number of methoxy groups -OCH3 is 3. The Morgan fingerprint density at radius 2 is 1.71 bits per heavy atom. The van der Waals surface area contributed by atoms with E-state index >= 15 is 0 Å². The van der Waals surface area contributed by atoms with Crippen molar-refractivity contribution in [3.8, 4) is 17.2 Å². The Hall–Kier alpha value is -4.07. The van der Waals surface area contributed by atoms with E-state index in [4.69, 9.17) is 18.9 Å². The van der Waals surface area contributed by atoms with E-state index in [2.05, 4.69) is 5.32 Å². The first-order chi connectivity index (χ1) is 17.0. The first-order valence-corrected chi connectivity index (χ1v) is 11.1. The van der Waals surface area contributed by atoms with Crippen LogP contribution in [0.4, 0.5) is 10.1 Å². The predicted octanol–water partition coefficient (Wildman–Crippen LogP) is 4.66. The number of Topliss-reactive ketones (excluding diaryl/α,β-unsaturated/α-hetero) is 1. The van der Waals surface area contributed by atoms with Gasteiger partial charge in [-0.2, -0.15) is 0 Å². The van der Waals surface area contributed by atoms with Crippen molar-refractivity contribution in [2.45, 2.75) is 18.6 Å². The number of ether oxygens (including phenoxy) is 4. The van der Waals surface area contributed by atoms with Gasteiger partial charge in [-0.1, -0.05) is 30.3 Å². The SMILES string of the molecule is COC(=O)[C@H]1c2ccccc2N[C@H]2c3cc(OC)c(OC)c(OCc4ccc(F)cc4)c3C(=O)[C@H]21. The van der Waals surface area contributed by atoms with Crippen LogP contribution in [0.3, 0.4) is 0 Å². The molecule has 3 aromatic rings. The van der Waals surface area contributed by atoms with Crippen LogP contribution >= 0.6 is 0 Å². The van der Waals surface area contributed by atoms with Gasteiger partial charge in [-0.15, -0.1) is 0 Å². The van der Waals surface area contributed by atoms with Gasteiger partial charge in [0.25, 0.3) is 0 Å². The van der Waals surface area contributed by atoms with E-state index in [-0.39, 0.29) is 29.7 Å². The Labute approximate surface area is 201 Å². The fraction of sp³-hybridized carbons (Fsp3) is 0.259. The minimum Gasteiger partial charge on any atom is -0.493 e. The van der Waals surface area contributed by atoms with E-state index < -0.39 is 23.8 Å². The molecule has 8 heteroatoms. The summed E-state index contributed by atoms with van der Waals surface area (Å²) in [6.07, 6.45) is 0. The van der Waals surface area contributed by atoms with Crippen LogP contribution in [-0.4, -0.2) is 33.1 Å². The van der Waals surface area contributed by atoms with E-state index in [1.807, 2.05) is 24.3 Å². The maximum atomic E-state index is 13.9. The number of rotatable bonds is 6. The predicted molar refractivity (Wildman–Crippen MR) is 126 cm³/mol. The Bertz CT molecular complexity index is 1310. The lowest BCUT2D eigenvalue weighted by atomic mass is 9.77. The molecule has 0 aromatic heterocycles. The van der Waals surface area contributed by atoms with Crippen LogP contribution in [-0.2, 0) is 16.1 Å². The van der Waals surface area contributed by atoms with Crippen molar-refractivity contribution >= 4 is 17.4 Å². The number of fused-ring (bicyclic) bond motifs is 4. The first kappa shape index (κ1) is 22.7. The number of ketones is 1. The Morgan fingerprint density at radius 3 is 2.40 bits per heavy atom.